The van der Waals surface area contributed by atoms with E-state index in [1.54, 1.807) is 6.07 Å². The Bertz CT molecular complexity index is 450. The quantitative estimate of drug-likeness (QED) is 0.693. The molecule has 2 unspecified atom stereocenters. The summed E-state index contributed by atoms with van der Waals surface area (Å²) in [6.45, 7) is 3.84. The molecule has 0 spiro atoms. The van der Waals surface area contributed by atoms with Gasteiger partial charge < -0.3 is 10.6 Å². The number of rotatable bonds is 7. The smallest absolute Gasteiger partial charge is 0.245 e. The lowest BCUT2D eigenvalue weighted by Gasteiger charge is -2.23. The van der Waals surface area contributed by atoms with Gasteiger partial charge in [-0.25, -0.2) is 0 Å². The molecular formula is C16H25N3O3. The average molecular weight is 307 g/mol. The summed E-state index contributed by atoms with van der Waals surface area (Å²) in [5.74, 6) is -2.72. The third-order valence-corrected chi connectivity index (χ3v) is 3.99. The van der Waals surface area contributed by atoms with Gasteiger partial charge in [0.05, 0.1) is 12.1 Å². The third-order valence-electron chi connectivity index (χ3n) is 3.99. The molecule has 122 valence electrons. The standard InChI is InChI=1S/C16H25N3O3/c1-3-9-18-16(22)13(10-17)14(20)11(2)19-15(21)12-7-5-4-6-8-12/h11-13H,3-9H2,1-2H3,(H,18,22)(H,19,21). The molecular weight excluding hydrogens is 282 g/mol. The summed E-state index contributed by atoms with van der Waals surface area (Å²) < 4.78 is 0. The maximum Gasteiger partial charge on any atom is 0.245 e. The van der Waals surface area contributed by atoms with E-state index in [-0.39, 0.29) is 11.8 Å². The van der Waals surface area contributed by atoms with Gasteiger partial charge in [0.1, 0.15) is 0 Å². The van der Waals surface area contributed by atoms with E-state index in [0.717, 1.165) is 38.5 Å². The van der Waals surface area contributed by atoms with Crippen molar-refractivity contribution < 1.29 is 14.4 Å². The van der Waals surface area contributed by atoms with Gasteiger partial charge in [-0.2, -0.15) is 5.26 Å². The monoisotopic (exact) mass is 307 g/mol. The van der Waals surface area contributed by atoms with Crippen molar-refractivity contribution in [2.24, 2.45) is 11.8 Å². The number of hydrogen-bond donors (Lipinski definition) is 2. The van der Waals surface area contributed by atoms with E-state index in [0.29, 0.717) is 6.54 Å². The lowest BCUT2D eigenvalue weighted by molar-refractivity contribution is -0.135. The van der Waals surface area contributed by atoms with E-state index in [4.69, 9.17) is 5.26 Å². The molecule has 0 aromatic heterocycles. The Kier molecular flexibility index (Phi) is 7.58. The molecule has 1 rings (SSSR count). The van der Waals surface area contributed by atoms with E-state index >= 15 is 0 Å². The van der Waals surface area contributed by atoms with Crippen molar-refractivity contribution >= 4 is 17.6 Å². The van der Waals surface area contributed by atoms with Crippen molar-refractivity contribution in [2.75, 3.05) is 6.54 Å². The molecule has 0 heterocycles. The van der Waals surface area contributed by atoms with Crippen LogP contribution in [0.3, 0.4) is 0 Å². The lowest BCUT2D eigenvalue weighted by Crippen LogP contribution is -2.47. The van der Waals surface area contributed by atoms with Gasteiger partial charge in [0, 0.05) is 12.5 Å². The molecule has 2 atom stereocenters. The Balaban J connectivity index is 2.56. The highest BCUT2D eigenvalue weighted by molar-refractivity contribution is 6.07. The number of nitrogens with one attached hydrogen (secondary N) is 2. The Labute approximate surface area is 131 Å². The van der Waals surface area contributed by atoms with Gasteiger partial charge in [-0.3, -0.25) is 14.4 Å². The summed E-state index contributed by atoms with van der Waals surface area (Å²) in [6.07, 6.45) is 5.61. The molecule has 0 saturated heterocycles. The summed E-state index contributed by atoms with van der Waals surface area (Å²) in [5.41, 5.74) is 0. The number of nitrogens with zero attached hydrogens (tertiary/aromatic N) is 1. The normalized spacial score (nSPS) is 17.9. The molecule has 0 radical (unpaired) electrons. The number of Topliss-reactive ketones (excluding diaryl/α,β-unsaturated/α-hetero) is 1. The average Bonchev–Trinajstić information content (AvgIpc) is 2.54. The number of carbonyl (C=O) groups is 3. The molecule has 2 amide bonds. The fourth-order valence-electron chi connectivity index (χ4n) is 2.62. The molecule has 0 bridgehead atoms. The van der Waals surface area contributed by atoms with E-state index in [1.807, 2.05) is 6.92 Å². The molecule has 2 N–H and O–H groups in total. The number of carbonyl (C=O) groups excluding carboxylic acids is 3. The van der Waals surface area contributed by atoms with Gasteiger partial charge in [-0.1, -0.05) is 26.2 Å². The summed E-state index contributed by atoms with van der Waals surface area (Å²) >= 11 is 0. The second kappa shape index (κ2) is 9.19. The van der Waals surface area contributed by atoms with Crippen LogP contribution in [0.5, 0.6) is 0 Å². The highest BCUT2D eigenvalue weighted by Gasteiger charge is 2.32. The highest BCUT2D eigenvalue weighted by Crippen LogP contribution is 2.23. The van der Waals surface area contributed by atoms with Gasteiger partial charge in [-0.05, 0) is 26.2 Å². The zero-order valence-electron chi connectivity index (χ0n) is 13.4. The zero-order valence-corrected chi connectivity index (χ0v) is 13.4. The largest absolute Gasteiger partial charge is 0.355 e. The predicted octanol–water partition coefficient (Wildman–Crippen LogP) is 1.31. The fourth-order valence-corrected chi connectivity index (χ4v) is 2.62. The van der Waals surface area contributed by atoms with Crippen LogP contribution in [0.15, 0.2) is 0 Å². The minimum absolute atomic E-state index is 0.0570. The topological polar surface area (TPSA) is 99.1 Å². The molecule has 6 nitrogen and oxygen atoms in total. The van der Waals surface area contributed by atoms with Crippen molar-refractivity contribution in [3.8, 4) is 6.07 Å². The fraction of sp³-hybridized carbons (Fsp3) is 0.750. The maximum absolute atomic E-state index is 12.2. The Morgan fingerprint density at radius 2 is 1.86 bits per heavy atom. The maximum atomic E-state index is 12.2. The van der Waals surface area contributed by atoms with E-state index in [1.165, 1.54) is 6.92 Å². The molecule has 1 saturated carbocycles. The molecule has 1 aliphatic rings. The third kappa shape index (κ3) is 5.14. The van der Waals surface area contributed by atoms with Gasteiger partial charge in [0.2, 0.25) is 11.8 Å². The first-order valence-corrected chi connectivity index (χ1v) is 8.02. The van der Waals surface area contributed by atoms with Crippen molar-refractivity contribution in [3.05, 3.63) is 0 Å². The van der Waals surface area contributed by atoms with Crippen LogP contribution in [-0.2, 0) is 14.4 Å². The van der Waals surface area contributed by atoms with Gasteiger partial charge in [0.25, 0.3) is 0 Å². The molecule has 1 aliphatic carbocycles. The number of amides is 2. The summed E-state index contributed by atoms with van der Waals surface area (Å²) in [7, 11) is 0. The SMILES string of the molecule is CCCNC(=O)C(C#N)C(=O)C(C)NC(=O)C1CCCCC1. The number of hydrogen-bond acceptors (Lipinski definition) is 4. The molecule has 0 aromatic rings. The van der Waals surface area contributed by atoms with Crippen molar-refractivity contribution in [1.82, 2.24) is 10.6 Å². The minimum atomic E-state index is -1.37. The van der Waals surface area contributed by atoms with E-state index in [9.17, 15) is 14.4 Å². The second-order valence-corrected chi connectivity index (χ2v) is 5.82. The van der Waals surface area contributed by atoms with Crippen LogP contribution in [0.25, 0.3) is 0 Å². The molecule has 1 fully saturated rings. The van der Waals surface area contributed by atoms with Gasteiger partial charge >= 0.3 is 0 Å². The van der Waals surface area contributed by atoms with Crippen molar-refractivity contribution in [2.45, 2.75) is 58.4 Å². The van der Waals surface area contributed by atoms with Crippen molar-refractivity contribution in [1.29, 1.82) is 5.26 Å². The molecule has 6 heteroatoms. The van der Waals surface area contributed by atoms with Crippen LogP contribution in [0.2, 0.25) is 0 Å². The summed E-state index contributed by atoms with van der Waals surface area (Å²) in [6, 6.07) is 0.904. The van der Waals surface area contributed by atoms with Crippen LogP contribution in [0, 0.1) is 23.2 Å². The minimum Gasteiger partial charge on any atom is -0.355 e. The second-order valence-electron chi connectivity index (χ2n) is 5.82. The number of nitriles is 1. The molecule has 22 heavy (non-hydrogen) atoms. The predicted molar refractivity (Wildman–Crippen MR) is 81.6 cm³/mol. The highest BCUT2D eigenvalue weighted by atomic mass is 16.2. The van der Waals surface area contributed by atoms with Crippen LogP contribution < -0.4 is 10.6 Å². The van der Waals surface area contributed by atoms with E-state index < -0.39 is 23.7 Å². The summed E-state index contributed by atoms with van der Waals surface area (Å²) in [4.78, 5) is 36.1. The van der Waals surface area contributed by atoms with Gasteiger partial charge in [0.15, 0.2) is 11.7 Å². The summed E-state index contributed by atoms with van der Waals surface area (Å²) in [5, 5.41) is 14.2. The number of ketones is 1. The molecule has 0 aliphatic heterocycles. The van der Waals surface area contributed by atoms with E-state index in [2.05, 4.69) is 10.6 Å². The Morgan fingerprint density at radius 3 is 2.41 bits per heavy atom. The van der Waals surface area contributed by atoms with Crippen LogP contribution in [0.4, 0.5) is 0 Å². The van der Waals surface area contributed by atoms with Crippen LogP contribution >= 0.6 is 0 Å². The first kappa shape index (κ1) is 18.1. The first-order chi connectivity index (χ1) is 10.5. The zero-order chi connectivity index (χ0) is 16.5. The molecule has 0 aromatic carbocycles. The lowest BCUT2D eigenvalue weighted by atomic mass is 9.88. The van der Waals surface area contributed by atoms with Gasteiger partial charge in [-0.15, -0.1) is 0 Å². The van der Waals surface area contributed by atoms with Crippen LogP contribution in [-0.4, -0.2) is 30.2 Å². The van der Waals surface area contributed by atoms with Crippen LogP contribution in [0.1, 0.15) is 52.4 Å². The first-order valence-electron chi connectivity index (χ1n) is 8.02. The Morgan fingerprint density at radius 1 is 1.23 bits per heavy atom. The Hall–Kier alpha value is -1.90. The van der Waals surface area contributed by atoms with Crippen molar-refractivity contribution in [3.63, 3.8) is 0 Å².